The van der Waals surface area contributed by atoms with Crippen LogP contribution in [0, 0.1) is 27.7 Å². The van der Waals surface area contributed by atoms with Crippen LogP contribution in [0.2, 0.25) is 0 Å². The molecule has 0 saturated carbocycles. The maximum Gasteiger partial charge on any atom is 0.264 e. The molecular weight excluding hydrogens is 440 g/mol. The number of nitrogens with zero attached hydrogens (tertiary/aromatic N) is 2. The van der Waals surface area contributed by atoms with Gasteiger partial charge < -0.3 is 10.1 Å². The molecular formula is C24H28N4O4S. The van der Waals surface area contributed by atoms with Crippen molar-refractivity contribution in [1.82, 2.24) is 9.97 Å². The van der Waals surface area contributed by atoms with Gasteiger partial charge in [-0.05, 0) is 81.6 Å². The number of rotatable bonds is 9. The fourth-order valence-electron chi connectivity index (χ4n) is 3.17. The summed E-state index contributed by atoms with van der Waals surface area (Å²) in [7, 11) is -3.85. The Kier molecular flexibility index (Phi) is 7.65. The lowest BCUT2D eigenvalue weighted by Crippen LogP contribution is -2.16. The highest BCUT2D eigenvalue weighted by Crippen LogP contribution is 2.20. The summed E-state index contributed by atoms with van der Waals surface area (Å²) in [5.41, 5.74) is 4.02. The predicted molar refractivity (Wildman–Crippen MR) is 128 cm³/mol. The first kappa shape index (κ1) is 24.2. The van der Waals surface area contributed by atoms with Crippen molar-refractivity contribution in [3.8, 4) is 5.75 Å². The van der Waals surface area contributed by atoms with Crippen LogP contribution in [0.25, 0.3) is 0 Å². The highest BCUT2D eigenvalue weighted by Gasteiger charge is 2.16. The molecule has 0 unspecified atom stereocenters. The van der Waals surface area contributed by atoms with Crippen molar-refractivity contribution in [2.75, 3.05) is 16.6 Å². The third-order valence-corrected chi connectivity index (χ3v) is 6.15. The monoisotopic (exact) mass is 468 g/mol. The minimum Gasteiger partial charge on any atom is -0.493 e. The summed E-state index contributed by atoms with van der Waals surface area (Å²) in [6.07, 6.45) is 0.849. The molecule has 0 aliphatic rings. The molecule has 1 heterocycles. The molecule has 2 N–H and O–H groups in total. The summed E-state index contributed by atoms with van der Waals surface area (Å²) in [4.78, 5) is 20.5. The van der Waals surface area contributed by atoms with Crippen molar-refractivity contribution in [3.05, 3.63) is 71.0 Å². The zero-order chi connectivity index (χ0) is 24.0. The van der Waals surface area contributed by atoms with Crippen molar-refractivity contribution in [1.29, 1.82) is 0 Å². The predicted octanol–water partition coefficient (Wildman–Crippen LogP) is 4.31. The number of aromatic nitrogens is 2. The average molecular weight is 469 g/mol. The number of anilines is 2. The minimum absolute atomic E-state index is 0.0213. The summed E-state index contributed by atoms with van der Waals surface area (Å²) >= 11 is 0. The molecule has 3 rings (SSSR count). The van der Waals surface area contributed by atoms with E-state index in [1.165, 1.54) is 12.1 Å². The van der Waals surface area contributed by atoms with E-state index in [0.717, 1.165) is 16.9 Å². The molecule has 0 saturated heterocycles. The van der Waals surface area contributed by atoms with Gasteiger partial charge in [0.25, 0.3) is 10.0 Å². The molecule has 2 aromatic carbocycles. The lowest BCUT2D eigenvalue weighted by molar-refractivity contribution is -0.116. The van der Waals surface area contributed by atoms with E-state index < -0.39 is 10.0 Å². The summed E-state index contributed by atoms with van der Waals surface area (Å²) in [5, 5.41) is 2.77. The van der Waals surface area contributed by atoms with Gasteiger partial charge in [0.1, 0.15) is 5.75 Å². The van der Waals surface area contributed by atoms with Gasteiger partial charge in [-0.3, -0.25) is 4.79 Å². The van der Waals surface area contributed by atoms with Gasteiger partial charge in [0.2, 0.25) is 11.9 Å². The Morgan fingerprint density at radius 3 is 2.27 bits per heavy atom. The number of sulfonamides is 1. The van der Waals surface area contributed by atoms with Crippen molar-refractivity contribution in [3.63, 3.8) is 0 Å². The molecule has 8 nitrogen and oxygen atoms in total. The SMILES string of the molecule is Cc1ccc(C)c(OCCCC(=O)Nc2ccc(S(=O)(=O)Nc3nc(C)cc(C)n3)cc2)c1. The molecule has 174 valence electrons. The Hall–Kier alpha value is -3.46. The van der Waals surface area contributed by atoms with Gasteiger partial charge in [-0.25, -0.2) is 23.1 Å². The van der Waals surface area contributed by atoms with Crippen LogP contribution in [0.5, 0.6) is 5.75 Å². The molecule has 1 aromatic heterocycles. The second kappa shape index (κ2) is 10.4. The number of amides is 1. The van der Waals surface area contributed by atoms with Crippen molar-refractivity contribution >= 4 is 27.6 Å². The van der Waals surface area contributed by atoms with E-state index in [-0.39, 0.29) is 23.2 Å². The molecule has 0 spiro atoms. The van der Waals surface area contributed by atoms with Gasteiger partial charge in [0.15, 0.2) is 0 Å². The maximum absolute atomic E-state index is 12.6. The lowest BCUT2D eigenvalue weighted by atomic mass is 10.1. The zero-order valence-corrected chi connectivity index (χ0v) is 20.0. The first-order valence-electron chi connectivity index (χ1n) is 10.6. The molecule has 3 aromatic rings. The zero-order valence-electron chi connectivity index (χ0n) is 19.2. The van der Waals surface area contributed by atoms with E-state index in [1.54, 1.807) is 32.0 Å². The maximum atomic E-state index is 12.6. The highest BCUT2D eigenvalue weighted by molar-refractivity contribution is 7.92. The fourth-order valence-corrected chi connectivity index (χ4v) is 4.11. The number of benzene rings is 2. The summed E-state index contributed by atoms with van der Waals surface area (Å²) < 4.78 is 33.4. The van der Waals surface area contributed by atoms with E-state index in [4.69, 9.17) is 4.74 Å². The quantitative estimate of drug-likeness (QED) is 0.453. The van der Waals surface area contributed by atoms with Gasteiger partial charge in [0.05, 0.1) is 11.5 Å². The summed E-state index contributed by atoms with van der Waals surface area (Å²) in [6.45, 7) is 7.94. The van der Waals surface area contributed by atoms with Crippen molar-refractivity contribution < 1.29 is 17.9 Å². The molecule has 0 aliphatic heterocycles. The van der Waals surface area contributed by atoms with Crippen molar-refractivity contribution in [2.45, 2.75) is 45.4 Å². The molecule has 0 aliphatic carbocycles. The van der Waals surface area contributed by atoms with Gasteiger partial charge >= 0.3 is 0 Å². The number of carbonyl (C=O) groups excluding carboxylic acids is 1. The van der Waals surface area contributed by atoms with Gasteiger partial charge in [-0.2, -0.15) is 0 Å². The molecule has 1 amide bonds. The van der Waals surface area contributed by atoms with Gasteiger partial charge in [-0.15, -0.1) is 0 Å². The molecule has 9 heteroatoms. The minimum atomic E-state index is -3.85. The van der Waals surface area contributed by atoms with Gasteiger partial charge in [0, 0.05) is 23.5 Å². The molecule has 0 atom stereocenters. The van der Waals surface area contributed by atoms with Crippen LogP contribution in [-0.2, 0) is 14.8 Å². The van der Waals surface area contributed by atoms with Crippen LogP contribution in [-0.4, -0.2) is 30.9 Å². The highest BCUT2D eigenvalue weighted by atomic mass is 32.2. The Bertz CT molecular complexity index is 1220. The first-order valence-corrected chi connectivity index (χ1v) is 12.1. The van der Waals surface area contributed by atoms with Gasteiger partial charge in [-0.1, -0.05) is 12.1 Å². The van der Waals surface area contributed by atoms with Crippen LogP contribution in [0.1, 0.15) is 35.4 Å². The Balaban J connectivity index is 1.51. The normalized spacial score (nSPS) is 11.2. The summed E-state index contributed by atoms with van der Waals surface area (Å²) in [6, 6.07) is 13.7. The van der Waals surface area contributed by atoms with E-state index >= 15 is 0 Å². The number of nitrogens with one attached hydrogen (secondary N) is 2. The number of hydrogen-bond donors (Lipinski definition) is 2. The number of carbonyl (C=O) groups is 1. The van der Waals surface area contributed by atoms with Crippen LogP contribution in [0.4, 0.5) is 11.6 Å². The second-order valence-corrected chi connectivity index (χ2v) is 9.56. The fraction of sp³-hybridized carbons (Fsp3) is 0.292. The van der Waals surface area contributed by atoms with Crippen LogP contribution in [0.15, 0.2) is 53.4 Å². The Morgan fingerprint density at radius 2 is 1.61 bits per heavy atom. The smallest absolute Gasteiger partial charge is 0.264 e. The molecule has 0 radical (unpaired) electrons. The summed E-state index contributed by atoms with van der Waals surface area (Å²) in [5.74, 6) is 0.678. The Morgan fingerprint density at radius 1 is 0.939 bits per heavy atom. The van der Waals surface area contributed by atoms with Crippen LogP contribution >= 0.6 is 0 Å². The van der Waals surface area contributed by atoms with Crippen LogP contribution in [0.3, 0.4) is 0 Å². The largest absolute Gasteiger partial charge is 0.493 e. The van der Waals surface area contributed by atoms with E-state index in [9.17, 15) is 13.2 Å². The number of hydrogen-bond acceptors (Lipinski definition) is 6. The van der Waals surface area contributed by atoms with E-state index in [2.05, 4.69) is 20.0 Å². The molecule has 0 fully saturated rings. The lowest BCUT2D eigenvalue weighted by Gasteiger charge is -2.11. The third-order valence-electron chi connectivity index (χ3n) is 4.81. The Labute approximate surface area is 194 Å². The number of aryl methyl sites for hydroxylation is 4. The van der Waals surface area contributed by atoms with E-state index in [1.807, 2.05) is 32.0 Å². The van der Waals surface area contributed by atoms with Crippen molar-refractivity contribution in [2.24, 2.45) is 0 Å². The number of ether oxygens (including phenoxy) is 1. The standard InChI is InChI=1S/C24H28N4O4S/c1-16-7-8-17(2)22(14-16)32-13-5-6-23(29)27-20-9-11-21(12-10-20)33(30,31)28-24-25-18(3)15-19(4)26-24/h7-12,14-15H,5-6,13H2,1-4H3,(H,27,29)(H,25,26,28). The molecule has 0 bridgehead atoms. The van der Waals surface area contributed by atoms with Crippen LogP contribution < -0.4 is 14.8 Å². The van der Waals surface area contributed by atoms with E-state index in [0.29, 0.717) is 30.1 Å². The average Bonchev–Trinajstić information content (AvgIpc) is 2.73. The topological polar surface area (TPSA) is 110 Å². The third kappa shape index (κ3) is 7.01. The molecule has 33 heavy (non-hydrogen) atoms. The second-order valence-electron chi connectivity index (χ2n) is 7.87. The first-order chi connectivity index (χ1) is 15.6.